The first-order valence-corrected chi connectivity index (χ1v) is 9.86. The van der Waals surface area contributed by atoms with E-state index in [0.29, 0.717) is 19.5 Å². The fourth-order valence-corrected chi connectivity index (χ4v) is 4.23. The summed E-state index contributed by atoms with van der Waals surface area (Å²) in [5, 5.41) is 11.1. The third-order valence-electron chi connectivity index (χ3n) is 4.26. The molecule has 0 aromatic heterocycles. The van der Waals surface area contributed by atoms with Crippen LogP contribution in [0.3, 0.4) is 0 Å². The third kappa shape index (κ3) is 5.27. The summed E-state index contributed by atoms with van der Waals surface area (Å²) in [6.45, 7) is 2.53. The summed E-state index contributed by atoms with van der Waals surface area (Å²) in [5.41, 5.74) is 0.829. The van der Waals surface area contributed by atoms with Gasteiger partial charge in [0.25, 0.3) is 0 Å². The maximum Gasteiger partial charge on any atom is 0.325 e. The number of hydrogen-bond acceptors (Lipinski definition) is 4. The molecule has 2 N–H and O–H groups in total. The Labute approximate surface area is 148 Å². The fourth-order valence-electron chi connectivity index (χ4n) is 2.72. The summed E-state index contributed by atoms with van der Waals surface area (Å²) in [6, 6.07) is 5.60. The van der Waals surface area contributed by atoms with Crippen LogP contribution in [0.15, 0.2) is 29.2 Å². The first kappa shape index (κ1) is 19.4. The van der Waals surface area contributed by atoms with Crippen LogP contribution in [-0.2, 0) is 26.0 Å². The van der Waals surface area contributed by atoms with E-state index in [1.165, 1.54) is 11.2 Å². The average molecular weight is 368 g/mol. The number of aryl methyl sites for hydroxylation is 1. The smallest absolute Gasteiger partial charge is 0.325 e. The van der Waals surface area contributed by atoms with Crippen molar-refractivity contribution in [3.8, 4) is 0 Å². The molecular formula is C17H24N2O5S. The Hall–Kier alpha value is -1.93. The molecule has 0 unspecified atom stereocenters. The van der Waals surface area contributed by atoms with Crippen LogP contribution < -0.4 is 5.32 Å². The largest absolute Gasteiger partial charge is 0.480 e. The molecule has 0 radical (unpaired) electrons. The first-order valence-electron chi connectivity index (χ1n) is 8.42. The van der Waals surface area contributed by atoms with Gasteiger partial charge in [-0.3, -0.25) is 9.59 Å². The Morgan fingerprint density at radius 1 is 1.16 bits per heavy atom. The highest BCUT2D eigenvalue weighted by Gasteiger charge is 2.25. The molecule has 25 heavy (non-hydrogen) atoms. The predicted octanol–water partition coefficient (Wildman–Crippen LogP) is 1.38. The molecule has 0 bridgehead atoms. The molecule has 1 aromatic carbocycles. The molecule has 1 saturated heterocycles. The maximum absolute atomic E-state index is 12.6. The normalized spacial score (nSPS) is 17.0. The highest BCUT2D eigenvalue weighted by molar-refractivity contribution is 7.89. The van der Waals surface area contributed by atoms with Crippen LogP contribution in [-0.4, -0.2) is 48.8 Å². The predicted molar refractivity (Wildman–Crippen MR) is 92.6 cm³/mol. The number of piperidine rings is 1. The van der Waals surface area contributed by atoms with Gasteiger partial charge in [-0.2, -0.15) is 4.31 Å². The van der Waals surface area contributed by atoms with Crippen molar-refractivity contribution < 1.29 is 23.1 Å². The van der Waals surface area contributed by atoms with Gasteiger partial charge in [-0.1, -0.05) is 18.6 Å². The molecule has 0 aliphatic carbocycles. The van der Waals surface area contributed by atoms with E-state index in [4.69, 9.17) is 5.11 Å². The summed E-state index contributed by atoms with van der Waals surface area (Å²) in [6.07, 6.45) is 3.41. The molecule has 1 aliphatic rings. The quantitative estimate of drug-likeness (QED) is 0.757. The minimum atomic E-state index is -3.45. The van der Waals surface area contributed by atoms with E-state index in [9.17, 15) is 18.0 Å². The molecule has 1 aromatic rings. The average Bonchev–Trinajstić information content (AvgIpc) is 2.61. The van der Waals surface area contributed by atoms with Crippen molar-refractivity contribution in [3.05, 3.63) is 29.8 Å². The van der Waals surface area contributed by atoms with Crippen LogP contribution in [0, 0.1) is 0 Å². The van der Waals surface area contributed by atoms with Crippen molar-refractivity contribution in [2.24, 2.45) is 0 Å². The summed E-state index contributed by atoms with van der Waals surface area (Å²) in [5.74, 6) is -1.43. The van der Waals surface area contributed by atoms with Gasteiger partial charge >= 0.3 is 5.97 Å². The number of aliphatic carboxylic acids is 1. The van der Waals surface area contributed by atoms with E-state index in [1.54, 1.807) is 24.3 Å². The Kier molecular flexibility index (Phi) is 6.55. The highest BCUT2D eigenvalue weighted by atomic mass is 32.2. The SMILES string of the molecule is C[C@@H](NC(=O)CCc1ccc(S(=O)(=O)N2CCCCC2)cc1)C(=O)O. The van der Waals surface area contributed by atoms with E-state index in [-0.39, 0.29) is 17.2 Å². The molecule has 7 nitrogen and oxygen atoms in total. The van der Waals surface area contributed by atoms with Gasteiger partial charge in [-0.05, 0) is 43.9 Å². The zero-order valence-corrected chi connectivity index (χ0v) is 15.1. The van der Waals surface area contributed by atoms with E-state index in [2.05, 4.69) is 5.32 Å². The van der Waals surface area contributed by atoms with Crippen molar-refractivity contribution in [2.45, 2.75) is 50.0 Å². The second kappa shape index (κ2) is 8.44. The number of nitrogens with zero attached hydrogens (tertiary/aromatic N) is 1. The number of carbonyl (C=O) groups excluding carboxylic acids is 1. The monoisotopic (exact) mass is 368 g/mol. The van der Waals surface area contributed by atoms with Gasteiger partial charge in [0, 0.05) is 19.5 Å². The lowest BCUT2D eigenvalue weighted by molar-refractivity contribution is -0.141. The Morgan fingerprint density at radius 3 is 2.32 bits per heavy atom. The van der Waals surface area contributed by atoms with Crippen molar-refractivity contribution in [3.63, 3.8) is 0 Å². The lowest BCUT2D eigenvalue weighted by Crippen LogP contribution is -2.38. The molecule has 138 valence electrons. The maximum atomic E-state index is 12.6. The second-order valence-electron chi connectivity index (χ2n) is 6.24. The first-order chi connectivity index (χ1) is 11.8. The van der Waals surface area contributed by atoms with Crippen molar-refractivity contribution in [1.29, 1.82) is 0 Å². The van der Waals surface area contributed by atoms with Crippen LogP contribution >= 0.6 is 0 Å². The molecule has 2 rings (SSSR count). The van der Waals surface area contributed by atoms with Gasteiger partial charge in [-0.25, -0.2) is 8.42 Å². The van der Waals surface area contributed by atoms with Crippen molar-refractivity contribution >= 4 is 21.9 Å². The molecule has 8 heteroatoms. The van der Waals surface area contributed by atoms with E-state index in [0.717, 1.165) is 24.8 Å². The van der Waals surface area contributed by atoms with Crippen molar-refractivity contribution in [1.82, 2.24) is 9.62 Å². The molecule has 0 spiro atoms. The Bertz CT molecular complexity index is 709. The number of benzene rings is 1. The number of amides is 1. The van der Waals surface area contributed by atoms with Gasteiger partial charge in [-0.15, -0.1) is 0 Å². The summed E-state index contributed by atoms with van der Waals surface area (Å²) in [4.78, 5) is 22.6. The summed E-state index contributed by atoms with van der Waals surface area (Å²) in [7, 11) is -3.45. The number of hydrogen-bond donors (Lipinski definition) is 2. The fraction of sp³-hybridized carbons (Fsp3) is 0.529. The number of carbonyl (C=O) groups is 2. The van der Waals surface area contributed by atoms with Gasteiger partial charge in [0.05, 0.1) is 4.90 Å². The zero-order chi connectivity index (χ0) is 18.4. The summed E-state index contributed by atoms with van der Waals surface area (Å²) < 4.78 is 26.6. The molecule has 1 aliphatic heterocycles. The van der Waals surface area contributed by atoms with Crippen LogP contribution in [0.1, 0.15) is 38.2 Å². The lowest BCUT2D eigenvalue weighted by Gasteiger charge is -2.25. The minimum Gasteiger partial charge on any atom is -0.480 e. The second-order valence-corrected chi connectivity index (χ2v) is 8.17. The highest BCUT2D eigenvalue weighted by Crippen LogP contribution is 2.21. The zero-order valence-electron chi connectivity index (χ0n) is 14.3. The molecular weight excluding hydrogens is 344 g/mol. The van der Waals surface area contributed by atoms with Gasteiger partial charge in [0.15, 0.2) is 0 Å². The minimum absolute atomic E-state index is 0.149. The molecule has 1 amide bonds. The topological polar surface area (TPSA) is 104 Å². The van der Waals surface area contributed by atoms with E-state index >= 15 is 0 Å². The van der Waals surface area contributed by atoms with E-state index in [1.807, 2.05) is 0 Å². The third-order valence-corrected chi connectivity index (χ3v) is 6.18. The molecule has 1 heterocycles. The Balaban J connectivity index is 1.93. The number of rotatable bonds is 7. The molecule has 1 atom stereocenters. The van der Waals surface area contributed by atoms with Crippen molar-refractivity contribution in [2.75, 3.05) is 13.1 Å². The van der Waals surface area contributed by atoms with Crippen LogP contribution in [0.4, 0.5) is 0 Å². The summed E-state index contributed by atoms with van der Waals surface area (Å²) >= 11 is 0. The number of carboxylic acids is 1. The van der Waals surface area contributed by atoms with E-state index < -0.39 is 22.0 Å². The standard InChI is InChI=1S/C17H24N2O5S/c1-13(17(21)22)18-16(20)10-7-14-5-8-15(9-6-14)25(23,24)19-11-3-2-4-12-19/h5-6,8-9,13H,2-4,7,10-12H2,1H3,(H,18,20)(H,21,22)/t13-/m1/s1. The number of nitrogens with one attached hydrogen (secondary N) is 1. The van der Waals surface area contributed by atoms with Crippen LogP contribution in [0.5, 0.6) is 0 Å². The molecule has 0 saturated carbocycles. The molecule has 1 fully saturated rings. The van der Waals surface area contributed by atoms with Crippen LogP contribution in [0.25, 0.3) is 0 Å². The number of carboxylic acid groups (broad SMARTS) is 1. The van der Waals surface area contributed by atoms with Crippen LogP contribution in [0.2, 0.25) is 0 Å². The lowest BCUT2D eigenvalue weighted by atomic mass is 10.1. The van der Waals surface area contributed by atoms with Gasteiger partial charge < -0.3 is 10.4 Å². The van der Waals surface area contributed by atoms with Gasteiger partial charge in [0.2, 0.25) is 15.9 Å². The Morgan fingerprint density at radius 2 is 1.76 bits per heavy atom. The van der Waals surface area contributed by atoms with Gasteiger partial charge in [0.1, 0.15) is 6.04 Å². The number of sulfonamides is 1.